The molecule has 8 heteroatoms. The van der Waals surface area contributed by atoms with Gasteiger partial charge in [-0.1, -0.05) is 22.0 Å². The van der Waals surface area contributed by atoms with Crippen molar-refractivity contribution in [1.29, 1.82) is 0 Å². The zero-order valence-corrected chi connectivity index (χ0v) is 21.3. The Morgan fingerprint density at radius 2 is 1.70 bits per heavy atom. The second-order valence-electron chi connectivity index (χ2n) is 9.70. The largest absolute Gasteiger partial charge is 0.377 e. The first kappa shape index (κ1) is 23.7. The Labute approximate surface area is 203 Å². The number of amides is 3. The maximum Gasteiger partial charge on any atom is 0.322 e. The van der Waals surface area contributed by atoms with Gasteiger partial charge in [0.25, 0.3) is 5.91 Å². The Bertz CT molecular complexity index is 1070. The molecule has 33 heavy (non-hydrogen) atoms. The van der Waals surface area contributed by atoms with Crippen LogP contribution in [0, 0.1) is 0 Å². The van der Waals surface area contributed by atoms with Crippen LogP contribution >= 0.6 is 15.9 Å². The van der Waals surface area contributed by atoms with Crippen molar-refractivity contribution in [3.8, 4) is 0 Å². The van der Waals surface area contributed by atoms with Crippen LogP contribution in [0.1, 0.15) is 31.9 Å². The average molecular weight is 515 g/mol. The minimum absolute atomic E-state index is 0.103. The first-order chi connectivity index (χ1) is 15.5. The number of hydrogen-bond acceptors (Lipinski definition) is 4. The van der Waals surface area contributed by atoms with E-state index in [4.69, 9.17) is 4.74 Å². The highest BCUT2D eigenvalue weighted by molar-refractivity contribution is 9.10. The van der Waals surface area contributed by atoms with Gasteiger partial charge in [0.2, 0.25) is 0 Å². The highest BCUT2D eigenvalue weighted by Gasteiger charge is 2.58. The molecule has 0 saturated carbocycles. The van der Waals surface area contributed by atoms with E-state index >= 15 is 0 Å². The predicted molar refractivity (Wildman–Crippen MR) is 133 cm³/mol. The van der Waals surface area contributed by atoms with Crippen LogP contribution in [-0.4, -0.2) is 59.6 Å². The molecule has 0 spiro atoms. The average Bonchev–Trinajstić information content (AvgIpc) is 2.75. The summed E-state index contributed by atoms with van der Waals surface area (Å²) >= 11 is 3.39. The molecule has 0 aromatic heterocycles. The molecule has 4 rings (SSSR count). The number of urea groups is 1. The molecule has 2 aliphatic rings. The fourth-order valence-corrected chi connectivity index (χ4v) is 4.80. The lowest BCUT2D eigenvalue weighted by molar-refractivity contribution is -0.154. The van der Waals surface area contributed by atoms with Crippen molar-refractivity contribution in [3.63, 3.8) is 0 Å². The number of nitrogens with zero attached hydrogens (tertiary/aromatic N) is 2. The SMILES string of the molecule is CO[C@H]1CN(C(=O)Nc2ccc(Br)cc2)[C@@]1(C)C(=O)Nc1ccc2c(c1)CN(C)C(C)(C)C2. The molecule has 7 nitrogen and oxygen atoms in total. The van der Waals surface area contributed by atoms with Crippen molar-refractivity contribution in [2.45, 2.75) is 50.9 Å². The molecule has 176 valence electrons. The maximum atomic E-state index is 13.4. The summed E-state index contributed by atoms with van der Waals surface area (Å²) in [6, 6.07) is 13.0. The van der Waals surface area contributed by atoms with Gasteiger partial charge in [0.15, 0.2) is 0 Å². The van der Waals surface area contributed by atoms with Crippen LogP contribution in [0.5, 0.6) is 0 Å². The van der Waals surface area contributed by atoms with Crippen molar-refractivity contribution < 1.29 is 14.3 Å². The first-order valence-corrected chi connectivity index (χ1v) is 11.9. The number of anilines is 2. The highest BCUT2D eigenvalue weighted by Crippen LogP contribution is 2.36. The molecular weight excluding hydrogens is 484 g/mol. The molecule has 2 N–H and O–H groups in total. The van der Waals surface area contributed by atoms with Crippen LogP contribution in [0.3, 0.4) is 0 Å². The van der Waals surface area contributed by atoms with Crippen LogP contribution in [0.4, 0.5) is 16.2 Å². The third kappa shape index (κ3) is 4.39. The van der Waals surface area contributed by atoms with Gasteiger partial charge in [0.05, 0.1) is 6.54 Å². The summed E-state index contributed by atoms with van der Waals surface area (Å²) in [6.45, 7) is 7.39. The number of likely N-dealkylation sites (tertiary alicyclic amines) is 1. The molecular formula is C25H31BrN4O3. The molecule has 1 fully saturated rings. The van der Waals surface area contributed by atoms with E-state index in [1.807, 2.05) is 24.3 Å². The summed E-state index contributed by atoms with van der Waals surface area (Å²) in [5.74, 6) is -0.268. The zero-order valence-electron chi connectivity index (χ0n) is 19.7. The predicted octanol–water partition coefficient (Wildman–Crippen LogP) is 4.48. The summed E-state index contributed by atoms with van der Waals surface area (Å²) in [7, 11) is 3.69. The molecule has 2 aromatic rings. The third-order valence-electron chi connectivity index (χ3n) is 7.15. The number of rotatable bonds is 4. The smallest absolute Gasteiger partial charge is 0.322 e. The Morgan fingerprint density at radius 3 is 2.36 bits per heavy atom. The minimum Gasteiger partial charge on any atom is -0.377 e. The van der Waals surface area contributed by atoms with E-state index in [-0.39, 0.29) is 17.5 Å². The van der Waals surface area contributed by atoms with Crippen molar-refractivity contribution in [2.75, 3.05) is 31.3 Å². The van der Waals surface area contributed by atoms with Crippen LogP contribution in [-0.2, 0) is 22.5 Å². The van der Waals surface area contributed by atoms with Crippen molar-refractivity contribution in [3.05, 3.63) is 58.1 Å². The number of carbonyl (C=O) groups is 2. The van der Waals surface area contributed by atoms with Gasteiger partial charge in [-0.15, -0.1) is 0 Å². The number of hydrogen-bond donors (Lipinski definition) is 2. The highest BCUT2D eigenvalue weighted by atomic mass is 79.9. The van der Waals surface area contributed by atoms with Crippen molar-refractivity contribution in [2.24, 2.45) is 0 Å². The maximum absolute atomic E-state index is 13.4. The minimum atomic E-state index is -1.12. The van der Waals surface area contributed by atoms with Gasteiger partial charge in [0, 0.05) is 35.0 Å². The van der Waals surface area contributed by atoms with Gasteiger partial charge in [-0.25, -0.2) is 4.79 Å². The Balaban J connectivity index is 1.50. The standard InChI is InChI=1S/C25H31BrN4O3/c1-24(2)13-16-6-9-20(12-17(16)14-29(24)4)27-22(31)25(3)21(33-5)15-30(25)23(32)28-19-10-7-18(26)8-11-19/h6-12,21H,13-15H2,1-5H3,(H,27,31)(H,28,32)/t21-,25+/m0/s1. The van der Waals surface area contributed by atoms with E-state index < -0.39 is 11.6 Å². The Kier molecular flexibility index (Phi) is 6.28. The van der Waals surface area contributed by atoms with E-state index in [1.54, 1.807) is 26.2 Å². The van der Waals surface area contributed by atoms with E-state index in [1.165, 1.54) is 16.0 Å². The van der Waals surface area contributed by atoms with E-state index in [9.17, 15) is 9.59 Å². The van der Waals surface area contributed by atoms with Gasteiger partial charge in [0.1, 0.15) is 11.6 Å². The van der Waals surface area contributed by atoms with Gasteiger partial charge in [-0.3, -0.25) is 9.69 Å². The lowest BCUT2D eigenvalue weighted by Gasteiger charge is -2.53. The summed E-state index contributed by atoms with van der Waals surface area (Å²) in [5.41, 5.74) is 2.88. The second kappa shape index (κ2) is 8.74. The number of carbonyl (C=O) groups excluding carboxylic acids is 2. The molecule has 0 radical (unpaired) electrons. The normalized spacial score (nSPS) is 23.9. The second-order valence-corrected chi connectivity index (χ2v) is 10.6. The van der Waals surface area contributed by atoms with Crippen molar-refractivity contribution >= 4 is 39.2 Å². The van der Waals surface area contributed by atoms with Crippen LogP contribution in [0.2, 0.25) is 0 Å². The molecule has 2 aliphatic heterocycles. The lowest BCUT2D eigenvalue weighted by atomic mass is 9.82. The van der Waals surface area contributed by atoms with E-state index in [0.29, 0.717) is 12.2 Å². The molecule has 0 aliphatic carbocycles. The first-order valence-electron chi connectivity index (χ1n) is 11.1. The number of fused-ring (bicyclic) bond motifs is 1. The number of benzene rings is 2. The van der Waals surface area contributed by atoms with Crippen LogP contribution < -0.4 is 10.6 Å². The van der Waals surface area contributed by atoms with Crippen molar-refractivity contribution in [1.82, 2.24) is 9.80 Å². The van der Waals surface area contributed by atoms with E-state index in [0.717, 1.165) is 23.1 Å². The number of likely N-dealkylation sites (N-methyl/N-ethyl adjacent to an activating group) is 1. The summed E-state index contributed by atoms with van der Waals surface area (Å²) in [5, 5.41) is 5.89. The Hall–Kier alpha value is -2.42. The third-order valence-corrected chi connectivity index (χ3v) is 7.68. The molecule has 2 aromatic carbocycles. The summed E-state index contributed by atoms with van der Waals surface area (Å²) in [6.07, 6.45) is 0.568. The fraction of sp³-hybridized carbons (Fsp3) is 0.440. The molecule has 2 atom stereocenters. The fourth-order valence-electron chi connectivity index (χ4n) is 4.54. The monoisotopic (exact) mass is 514 g/mol. The van der Waals surface area contributed by atoms with Gasteiger partial charge in [-0.05, 0) is 81.8 Å². The zero-order chi connectivity index (χ0) is 24.0. The van der Waals surface area contributed by atoms with Gasteiger partial charge >= 0.3 is 6.03 Å². The van der Waals surface area contributed by atoms with Crippen LogP contribution in [0.25, 0.3) is 0 Å². The molecule has 0 bridgehead atoms. The number of ether oxygens (including phenoxy) is 1. The molecule has 3 amide bonds. The summed E-state index contributed by atoms with van der Waals surface area (Å²) in [4.78, 5) is 30.2. The number of nitrogens with one attached hydrogen (secondary N) is 2. The van der Waals surface area contributed by atoms with Gasteiger partial charge in [-0.2, -0.15) is 0 Å². The Morgan fingerprint density at radius 1 is 1.03 bits per heavy atom. The quantitative estimate of drug-likeness (QED) is 0.630. The number of methoxy groups -OCH3 is 1. The van der Waals surface area contributed by atoms with Gasteiger partial charge < -0.3 is 20.3 Å². The molecule has 0 unspecified atom stereocenters. The molecule has 1 saturated heterocycles. The summed E-state index contributed by atoms with van der Waals surface area (Å²) < 4.78 is 6.46. The van der Waals surface area contributed by atoms with E-state index in [2.05, 4.69) is 58.4 Å². The lowest BCUT2D eigenvalue weighted by Crippen LogP contribution is -2.76. The number of halogens is 1. The van der Waals surface area contributed by atoms with Crippen LogP contribution in [0.15, 0.2) is 46.9 Å². The topological polar surface area (TPSA) is 73.9 Å². The molecule has 2 heterocycles.